The van der Waals surface area contributed by atoms with Gasteiger partial charge in [-0.1, -0.05) is 15.9 Å². The molecule has 1 saturated heterocycles. The van der Waals surface area contributed by atoms with Gasteiger partial charge in [-0.15, -0.1) is 0 Å². The van der Waals surface area contributed by atoms with Gasteiger partial charge in [-0.3, -0.25) is 4.79 Å². The number of amides is 1. The summed E-state index contributed by atoms with van der Waals surface area (Å²) in [6.45, 7) is 0.848. The topological polar surface area (TPSA) is 29.1 Å². The second-order valence-corrected chi connectivity index (χ2v) is 3.01. The molecule has 1 aliphatic rings. The highest BCUT2D eigenvalue weighted by Gasteiger charge is 2.17. The summed E-state index contributed by atoms with van der Waals surface area (Å²) >= 11 is 3.24. The van der Waals surface area contributed by atoms with Gasteiger partial charge in [-0.25, -0.2) is 0 Å². The van der Waals surface area contributed by atoms with Crippen molar-refractivity contribution in [2.24, 2.45) is 0 Å². The first kappa shape index (κ1) is 6.08. The fourth-order valence-corrected chi connectivity index (χ4v) is 1.22. The zero-order chi connectivity index (χ0) is 5.98. The van der Waals surface area contributed by atoms with Crippen molar-refractivity contribution in [2.45, 2.75) is 17.7 Å². The maximum Gasteiger partial charge on any atom is 0.233 e. The molecule has 1 atom stereocenters. The molecule has 0 saturated carbocycles. The fraction of sp³-hybridized carbons (Fsp3) is 0.800. The average molecular weight is 178 g/mol. The predicted molar refractivity (Wildman–Crippen MR) is 35.0 cm³/mol. The van der Waals surface area contributed by atoms with Crippen LogP contribution in [0.1, 0.15) is 12.8 Å². The van der Waals surface area contributed by atoms with Crippen molar-refractivity contribution in [3.05, 3.63) is 0 Å². The molecule has 0 aliphatic carbocycles. The van der Waals surface area contributed by atoms with Crippen LogP contribution in [0, 0.1) is 0 Å². The first-order chi connectivity index (χ1) is 3.80. The summed E-state index contributed by atoms with van der Waals surface area (Å²) < 4.78 is 0. The van der Waals surface area contributed by atoms with E-state index in [-0.39, 0.29) is 10.7 Å². The number of hydrogen-bond donors (Lipinski definition) is 1. The Hall–Kier alpha value is -0.0500. The average Bonchev–Trinajstić information content (AvgIpc) is 1.77. The Labute approximate surface area is 56.8 Å². The Bertz CT molecular complexity index is 105. The molecular formula is C5H8BrNO. The lowest BCUT2D eigenvalue weighted by Crippen LogP contribution is -2.36. The van der Waals surface area contributed by atoms with E-state index in [0.29, 0.717) is 0 Å². The smallest absolute Gasteiger partial charge is 0.233 e. The standard InChI is InChI=1S/C5H8BrNO/c6-4-2-1-3-7-5(4)8/h4H,1-3H2,(H,7,8)/t4-/m0/s1. The van der Waals surface area contributed by atoms with Gasteiger partial charge in [0.1, 0.15) is 0 Å². The summed E-state index contributed by atoms with van der Waals surface area (Å²) in [5.41, 5.74) is 0. The number of piperidine rings is 1. The minimum Gasteiger partial charge on any atom is -0.355 e. The molecule has 1 N–H and O–H groups in total. The maximum absolute atomic E-state index is 10.6. The van der Waals surface area contributed by atoms with E-state index in [1.807, 2.05) is 0 Å². The van der Waals surface area contributed by atoms with Gasteiger partial charge < -0.3 is 5.32 Å². The van der Waals surface area contributed by atoms with Crippen molar-refractivity contribution in [3.63, 3.8) is 0 Å². The highest BCUT2D eigenvalue weighted by Crippen LogP contribution is 2.10. The number of carbonyl (C=O) groups is 1. The Morgan fingerprint density at radius 2 is 2.50 bits per heavy atom. The zero-order valence-electron chi connectivity index (χ0n) is 4.48. The van der Waals surface area contributed by atoms with Crippen LogP contribution in [0.2, 0.25) is 0 Å². The quantitative estimate of drug-likeness (QED) is 0.542. The number of alkyl halides is 1. The van der Waals surface area contributed by atoms with Crippen molar-refractivity contribution in [1.82, 2.24) is 5.32 Å². The van der Waals surface area contributed by atoms with Crippen LogP contribution in [-0.2, 0) is 4.79 Å². The summed E-state index contributed by atoms with van der Waals surface area (Å²) in [6, 6.07) is 0. The third-order valence-electron chi connectivity index (χ3n) is 1.22. The molecule has 1 heterocycles. The van der Waals surface area contributed by atoms with Gasteiger partial charge in [0.15, 0.2) is 0 Å². The van der Waals surface area contributed by atoms with Crippen LogP contribution in [0.5, 0.6) is 0 Å². The van der Waals surface area contributed by atoms with Crippen molar-refractivity contribution in [1.29, 1.82) is 0 Å². The van der Waals surface area contributed by atoms with Gasteiger partial charge >= 0.3 is 0 Å². The Balaban J connectivity index is 2.39. The molecule has 46 valence electrons. The van der Waals surface area contributed by atoms with Crippen LogP contribution in [0.3, 0.4) is 0 Å². The van der Waals surface area contributed by atoms with Crippen LogP contribution in [0.15, 0.2) is 0 Å². The molecule has 0 radical (unpaired) electrons. The molecule has 1 amide bonds. The van der Waals surface area contributed by atoms with E-state index in [1.165, 1.54) is 0 Å². The summed E-state index contributed by atoms with van der Waals surface area (Å²) in [5, 5.41) is 2.75. The normalized spacial score (nSPS) is 29.6. The lowest BCUT2D eigenvalue weighted by molar-refractivity contribution is -0.121. The van der Waals surface area contributed by atoms with E-state index in [2.05, 4.69) is 21.2 Å². The molecule has 2 nitrogen and oxygen atoms in total. The molecule has 0 aromatic heterocycles. The Morgan fingerprint density at radius 1 is 1.75 bits per heavy atom. The van der Waals surface area contributed by atoms with Crippen molar-refractivity contribution >= 4 is 21.8 Å². The predicted octanol–water partition coefficient (Wildman–Crippen LogP) is 0.660. The van der Waals surface area contributed by atoms with Gasteiger partial charge in [0, 0.05) is 6.54 Å². The van der Waals surface area contributed by atoms with E-state index in [9.17, 15) is 4.79 Å². The number of halogens is 1. The van der Waals surface area contributed by atoms with Crippen LogP contribution in [0.25, 0.3) is 0 Å². The molecule has 8 heavy (non-hydrogen) atoms. The van der Waals surface area contributed by atoms with Crippen LogP contribution in [-0.4, -0.2) is 17.3 Å². The Morgan fingerprint density at radius 3 is 2.88 bits per heavy atom. The molecule has 1 aliphatic heterocycles. The molecule has 1 rings (SSSR count). The second-order valence-electron chi connectivity index (χ2n) is 1.90. The summed E-state index contributed by atoms with van der Waals surface area (Å²) in [4.78, 5) is 10.7. The number of hydrogen-bond acceptors (Lipinski definition) is 1. The van der Waals surface area contributed by atoms with Gasteiger partial charge in [-0.05, 0) is 12.8 Å². The number of carbonyl (C=O) groups excluding carboxylic acids is 1. The molecule has 0 spiro atoms. The van der Waals surface area contributed by atoms with Crippen LogP contribution >= 0.6 is 15.9 Å². The molecule has 0 aromatic carbocycles. The van der Waals surface area contributed by atoms with Crippen molar-refractivity contribution in [3.8, 4) is 0 Å². The third kappa shape index (κ3) is 1.22. The molecule has 1 fully saturated rings. The van der Waals surface area contributed by atoms with Crippen molar-refractivity contribution < 1.29 is 4.79 Å². The highest BCUT2D eigenvalue weighted by molar-refractivity contribution is 9.10. The SMILES string of the molecule is O=C1NCCC[C@@H]1Br. The van der Waals surface area contributed by atoms with Gasteiger partial charge in [0.25, 0.3) is 0 Å². The second kappa shape index (κ2) is 2.49. The molecule has 0 aromatic rings. The maximum atomic E-state index is 10.6. The summed E-state index contributed by atoms with van der Waals surface area (Å²) in [5.74, 6) is 0.135. The zero-order valence-corrected chi connectivity index (χ0v) is 6.07. The van der Waals surface area contributed by atoms with E-state index in [0.717, 1.165) is 19.4 Å². The monoisotopic (exact) mass is 177 g/mol. The van der Waals surface area contributed by atoms with E-state index in [1.54, 1.807) is 0 Å². The van der Waals surface area contributed by atoms with Crippen LogP contribution < -0.4 is 5.32 Å². The number of rotatable bonds is 0. The first-order valence-corrected chi connectivity index (χ1v) is 3.64. The van der Waals surface area contributed by atoms with Gasteiger partial charge in [0.05, 0.1) is 4.83 Å². The highest BCUT2D eigenvalue weighted by atomic mass is 79.9. The van der Waals surface area contributed by atoms with E-state index >= 15 is 0 Å². The fourth-order valence-electron chi connectivity index (χ4n) is 0.735. The molecular weight excluding hydrogens is 170 g/mol. The van der Waals surface area contributed by atoms with E-state index < -0.39 is 0 Å². The molecule has 0 bridgehead atoms. The largest absolute Gasteiger partial charge is 0.355 e. The van der Waals surface area contributed by atoms with Gasteiger partial charge in [0.2, 0.25) is 5.91 Å². The third-order valence-corrected chi connectivity index (χ3v) is 2.09. The minimum atomic E-state index is 0.0660. The number of nitrogens with one attached hydrogen (secondary N) is 1. The summed E-state index contributed by atoms with van der Waals surface area (Å²) in [6.07, 6.45) is 2.08. The van der Waals surface area contributed by atoms with Crippen molar-refractivity contribution in [2.75, 3.05) is 6.54 Å². The summed E-state index contributed by atoms with van der Waals surface area (Å²) in [7, 11) is 0. The van der Waals surface area contributed by atoms with Crippen LogP contribution in [0.4, 0.5) is 0 Å². The lowest BCUT2D eigenvalue weighted by atomic mass is 10.2. The molecule has 0 unspecified atom stereocenters. The van der Waals surface area contributed by atoms with Gasteiger partial charge in [-0.2, -0.15) is 0 Å². The van der Waals surface area contributed by atoms with E-state index in [4.69, 9.17) is 0 Å². The Kier molecular flexibility index (Phi) is 1.89. The minimum absolute atomic E-state index is 0.0660. The molecule has 3 heteroatoms. The lowest BCUT2D eigenvalue weighted by Gasteiger charge is -2.15. The first-order valence-electron chi connectivity index (χ1n) is 2.72.